The van der Waals surface area contributed by atoms with E-state index in [1.54, 1.807) is 12.1 Å². The molecule has 0 aromatic heterocycles. The lowest BCUT2D eigenvalue weighted by atomic mass is 10.0. The molecule has 0 heterocycles. The summed E-state index contributed by atoms with van der Waals surface area (Å²) >= 11 is 3.15. The van der Waals surface area contributed by atoms with Gasteiger partial charge in [-0.1, -0.05) is 0 Å². The maximum Gasteiger partial charge on any atom is 0.137 e. The molecule has 0 radical (unpaired) electrons. The largest absolute Gasteiger partial charge is 0.379 e. The van der Waals surface area contributed by atoms with E-state index in [4.69, 9.17) is 10.5 Å². The van der Waals surface area contributed by atoms with Gasteiger partial charge < -0.3 is 15.8 Å². The first-order valence-electron chi connectivity index (χ1n) is 5.52. The third-order valence-electron chi connectivity index (χ3n) is 2.44. The summed E-state index contributed by atoms with van der Waals surface area (Å²) in [6, 6.07) is 4.78. The van der Waals surface area contributed by atoms with Crippen LogP contribution >= 0.6 is 15.9 Å². The standard InChI is InChI=1S/C12H18BrFN2O/c1-3-17-8-12(2,7-15)16-9-4-5-11(14)10(13)6-9/h4-6,16H,3,7-8,15H2,1-2H3. The Labute approximate surface area is 110 Å². The second-order valence-corrected chi connectivity index (χ2v) is 5.01. The highest BCUT2D eigenvalue weighted by Gasteiger charge is 2.22. The minimum Gasteiger partial charge on any atom is -0.379 e. The highest BCUT2D eigenvalue weighted by molar-refractivity contribution is 9.10. The van der Waals surface area contributed by atoms with Crippen LogP contribution in [0.5, 0.6) is 0 Å². The van der Waals surface area contributed by atoms with Crippen molar-refractivity contribution >= 4 is 21.6 Å². The molecular formula is C12H18BrFN2O. The van der Waals surface area contributed by atoms with Crippen LogP contribution in [0.15, 0.2) is 22.7 Å². The lowest BCUT2D eigenvalue weighted by Gasteiger charge is -2.30. The molecule has 1 atom stereocenters. The predicted octanol–water partition coefficient (Wildman–Crippen LogP) is 2.75. The summed E-state index contributed by atoms with van der Waals surface area (Å²) in [7, 11) is 0. The zero-order chi connectivity index (χ0) is 12.9. The number of ether oxygens (including phenoxy) is 1. The van der Waals surface area contributed by atoms with Gasteiger partial charge in [-0.3, -0.25) is 0 Å². The van der Waals surface area contributed by atoms with E-state index in [9.17, 15) is 4.39 Å². The van der Waals surface area contributed by atoms with Crippen LogP contribution < -0.4 is 11.1 Å². The zero-order valence-electron chi connectivity index (χ0n) is 10.1. The van der Waals surface area contributed by atoms with Gasteiger partial charge in [0.1, 0.15) is 5.82 Å². The molecule has 0 saturated carbocycles. The van der Waals surface area contributed by atoms with Crippen LogP contribution in [0.4, 0.5) is 10.1 Å². The van der Waals surface area contributed by atoms with Crippen LogP contribution in [0.25, 0.3) is 0 Å². The van der Waals surface area contributed by atoms with E-state index in [1.807, 2.05) is 13.8 Å². The van der Waals surface area contributed by atoms with Crippen molar-refractivity contribution < 1.29 is 9.13 Å². The Morgan fingerprint density at radius 1 is 1.53 bits per heavy atom. The van der Waals surface area contributed by atoms with Gasteiger partial charge in [0.2, 0.25) is 0 Å². The highest BCUT2D eigenvalue weighted by Crippen LogP contribution is 2.22. The van der Waals surface area contributed by atoms with Crippen molar-refractivity contribution in [3.8, 4) is 0 Å². The van der Waals surface area contributed by atoms with Gasteiger partial charge >= 0.3 is 0 Å². The monoisotopic (exact) mass is 304 g/mol. The number of halogens is 2. The Hall–Kier alpha value is -0.650. The summed E-state index contributed by atoms with van der Waals surface area (Å²) in [6.45, 7) is 5.49. The number of hydrogen-bond acceptors (Lipinski definition) is 3. The van der Waals surface area contributed by atoms with Crippen molar-refractivity contribution in [2.24, 2.45) is 5.73 Å². The minimum atomic E-state index is -0.354. The fraction of sp³-hybridized carbons (Fsp3) is 0.500. The predicted molar refractivity (Wildman–Crippen MR) is 71.7 cm³/mol. The van der Waals surface area contributed by atoms with Gasteiger partial charge in [-0.05, 0) is 48.0 Å². The lowest BCUT2D eigenvalue weighted by Crippen LogP contribution is -2.46. The van der Waals surface area contributed by atoms with Gasteiger partial charge in [-0.25, -0.2) is 4.39 Å². The summed E-state index contributed by atoms with van der Waals surface area (Å²) in [6.07, 6.45) is 0. The molecule has 3 N–H and O–H groups in total. The van der Waals surface area contributed by atoms with Crippen molar-refractivity contribution in [1.29, 1.82) is 0 Å². The third-order valence-corrected chi connectivity index (χ3v) is 3.05. The van der Waals surface area contributed by atoms with Crippen molar-refractivity contribution in [3.05, 3.63) is 28.5 Å². The average Bonchev–Trinajstić information content (AvgIpc) is 2.31. The van der Waals surface area contributed by atoms with Crippen molar-refractivity contribution in [1.82, 2.24) is 0 Å². The maximum atomic E-state index is 13.1. The number of anilines is 1. The molecule has 17 heavy (non-hydrogen) atoms. The molecule has 1 aromatic carbocycles. The molecule has 1 aromatic rings. The van der Waals surface area contributed by atoms with Crippen LogP contribution in [0.3, 0.4) is 0 Å². The Kier molecular flexibility index (Phi) is 5.36. The molecule has 0 spiro atoms. The second kappa shape index (κ2) is 6.33. The van der Waals surface area contributed by atoms with Crippen LogP contribution in [0.2, 0.25) is 0 Å². The summed E-state index contributed by atoms with van der Waals surface area (Å²) in [5, 5.41) is 3.26. The van der Waals surface area contributed by atoms with E-state index >= 15 is 0 Å². The molecule has 0 saturated heterocycles. The molecule has 0 amide bonds. The van der Waals surface area contributed by atoms with Crippen molar-refractivity contribution in [2.45, 2.75) is 19.4 Å². The third kappa shape index (κ3) is 4.26. The fourth-order valence-electron chi connectivity index (χ4n) is 1.40. The summed E-state index contributed by atoms with van der Waals surface area (Å²) in [5.41, 5.74) is 6.19. The van der Waals surface area contributed by atoms with E-state index < -0.39 is 0 Å². The lowest BCUT2D eigenvalue weighted by molar-refractivity contribution is 0.112. The van der Waals surface area contributed by atoms with Gasteiger partial charge in [0.05, 0.1) is 16.6 Å². The molecule has 3 nitrogen and oxygen atoms in total. The molecule has 0 bridgehead atoms. The van der Waals surface area contributed by atoms with E-state index in [2.05, 4.69) is 21.2 Å². The Bertz CT molecular complexity index is 376. The topological polar surface area (TPSA) is 47.3 Å². The zero-order valence-corrected chi connectivity index (χ0v) is 11.7. The average molecular weight is 305 g/mol. The van der Waals surface area contributed by atoms with Crippen LogP contribution in [0, 0.1) is 5.82 Å². The Morgan fingerprint density at radius 3 is 2.76 bits per heavy atom. The van der Waals surface area contributed by atoms with E-state index in [0.29, 0.717) is 24.2 Å². The van der Waals surface area contributed by atoms with E-state index in [0.717, 1.165) is 5.69 Å². The molecule has 0 aliphatic carbocycles. The number of nitrogens with two attached hydrogens (primary N) is 1. The van der Waals surface area contributed by atoms with Gasteiger partial charge in [0, 0.05) is 18.8 Å². The number of rotatable bonds is 6. The minimum absolute atomic E-state index is 0.283. The first-order valence-corrected chi connectivity index (χ1v) is 6.31. The molecule has 5 heteroatoms. The van der Waals surface area contributed by atoms with Crippen LogP contribution in [0.1, 0.15) is 13.8 Å². The maximum absolute atomic E-state index is 13.1. The quantitative estimate of drug-likeness (QED) is 0.849. The smallest absolute Gasteiger partial charge is 0.137 e. The molecule has 1 rings (SSSR count). The molecule has 0 fully saturated rings. The van der Waals surface area contributed by atoms with E-state index in [1.165, 1.54) is 6.07 Å². The summed E-state index contributed by atoms with van der Waals surface area (Å²) < 4.78 is 18.9. The Balaban J connectivity index is 2.76. The van der Waals surface area contributed by atoms with Crippen LogP contribution in [-0.4, -0.2) is 25.3 Å². The fourth-order valence-corrected chi connectivity index (χ4v) is 1.77. The van der Waals surface area contributed by atoms with Gasteiger partial charge in [0.15, 0.2) is 0 Å². The van der Waals surface area contributed by atoms with Crippen molar-refractivity contribution in [3.63, 3.8) is 0 Å². The second-order valence-electron chi connectivity index (χ2n) is 4.16. The first-order chi connectivity index (χ1) is 8.00. The Morgan fingerprint density at radius 2 is 2.24 bits per heavy atom. The molecule has 0 aliphatic heterocycles. The molecule has 1 unspecified atom stereocenters. The summed E-state index contributed by atoms with van der Waals surface area (Å²) in [4.78, 5) is 0. The highest BCUT2D eigenvalue weighted by atomic mass is 79.9. The number of hydrogen-bond donors (Lipinski definition) is 2. The van der Waals surface area contributed by atoms with Gasteiger partial charge in [0.25, 0.3) is 0 Å². The molecule has 0 aliphatic rings. The number of nitrogens with one attached hydrogen (secondary N) is 1. The summed E-state index contributed by atoms with van der Waals surface area (Å²) in [5.74, 6) is -0.283. The first kappa shape index (κ1) is 14.4. The molecule has 96 valence electrons. The van der Waals surface area contributed by atoms with Crippen LogP contribution in [-0.2, 0) is 4.74 Å². The normalized spacial score (nSPS) is 14.4. The van der Waals surface area contributed by atoms with Crippen molar-refractivity contribution in [2.75, 3.05) is 25.1 Å². The van der Waals surface area contributed by atoms with Gasteiger partial charge in [-0.2, -0.15) is 0 Å². The van der Waals surface area contributed by atoms with E-state index in [-0.39, 0.29) is 11.4 Å². The number of benzene rings is 1. The molecular weight excluding hydrogens is 287 g/mol. The SMILES string of the molecule is CCOCC(C)(CN)Nc1ccc(F)c(Br)c1. The van der Waals surface area contributed by atoms with Gasteiger partial charge in [-0.15, -0.1) is 0 Å².